The summed E-state index contributed by atoms with van der Waals surface area (Å²) in [5.41, 5.74) is 4.37. The minimum Gasteiger partial charge on any atom is -0.324 e. The number of carbonyl (C=O) groups excluding carboxylic acids is 1. The zero-order chi connectivity index (χ0) is 22.1. The van der Waals surface area contributed by atoms with Gasteiger partial charge < -0.3 is 5.32 Å². The maximum absolute atomic E-state index is 12.7. The number of aryl methyl sites for hydroxylation is 1. The van der Waals surface area contributed by atoms with Crippen molar-refractivity contribution in [2.24, 2.45) is 0 Å². The number of halogens is 1. The van der Waals surface area contributed by atoms with Gasteiger partial charge in [0.05, 0.1) is 0 Å². The first kappa shape index (κ1) is 20.0. The first-order chi connectivity index (χ1) is 15.6. The van der Waals surface area contributed by atoms with Crippen molar-refractivity contribution in [3.63, 3.8) is 0 Å². The first-order valence-corrected chi connectivity index (χ1v) is 10.6. The number of allylic oxidation sites excluding steroid dienone is 1. The molecule has 158 valence electrons. The summed E-state index contributed by atoms with van der Waals surface area (Å²) in [6.07, 6.45) is 2.06. The predicted molar refractivity (Wildman–Crippen MR) is 127 cm³/mol. The third-order valence-corrected chi connectivity index (χ3v) is 5.62. The normalized spacial score (nSPS) is 14.8. The zero-order valence-corrected chi connectivity index (χ0v) is 18.0. The number of hydrogen-bond acceptors (Lipinski definition) is 4. The molecule has 32 heavy (non-hydrogen) atoms. The Balaban J connectivity index is 1.53. The van der Waals surface area contributed by atoms with Crippen molar-refractivity contribution >= 4 is 35.1 Å². The van der Waals surface area contributed by atoms with Gasteiger partial charge >= 0.3 is 0 Å². The number of hydrogen-bond donors (Lipinski definition) is 2. The Hall–Kier alpha value is -3.90. The molecule has 1 aliphatic heterocycles. The van der Waals surface area contributed by atoms with E-state index in [0.29, 0.717) is 16.5 Å². The molecular formula is C25H20ClN5O. The molecular weight excluding hydrogens is 422 g/mol. The van der Waals surface area contributed by atoms with Gasteiger partial charge in [0.25, 0.3) is 11.9 Å². The molecule has 0 fully saturated rings. The molecule has 1 aromatic heterocycles. The largest absolute Gasteiger partial charge is 0.324 e. The molecule has 1 atom stereocenters. The number of nitrogens with zero attached hydrogens (tertiary/aromatic N) is 3. The minimum absolute atomic E-state index is 0.221. The van der Waals surface area contributed by atoms with Gasteiger partial charge in [-0.3, -0.25) is 10.1 Å². The number of benzene rings is 3. The van der Waals surface area contributed by atoms with Crippen molar-refractivity contribution in [2.45, 2.75) is 13.0 Å². The molecule has 3 aromatic carbocycles. The quantitative estimate of drug-likeness (QED) is 0.435. The van der Waals surface area contributed by atoms with E-state index in [1.54, 1.807) is 10.7 Å². The summed E-state index contributed by atoms with van der Waals surface area (Å²) in [6.45, 7) is 1.94. The smallest absolute Gasteiger partial charge is 0.258 e. The summed E-state index contributed by atoms with van der Waals surface area (Å²) in [5, 5.41) is 11.3. The number of fused-ring (bicyclic) bond motifs is 1. The lowest BCUT2D eigenvalue weighted by Gasteiger charge is -2.24. The van der Waals surface area contributed by atoms with Gasteiger partial charge in [-0.1, -0.05) is 77.8 Å². The van der Waals surface area contributed by atoms with Crippen LogP contribution in [0.25, 0.3) is 5.70 Å². The zero-order valence-electron chi connectivity index (χ0n) is 17.3. The summed E-state index contributed by atoms with van der Waals surface area (Å²) >= 11 is 6.52. The van der Waals surface area contributed by atoms with Gasteiger partial charge in [0.15, 0.2) is 0 Å². The standard InChI is InChI=1S/C25H20ClN5O/c1-16-8-7-11-18(14-16)23(32)28-24-29-25-27-21(17-9-3-2-4-10-17)15-22(31(25)30-24)19-12-5-6-13-20(19)26/h2-15,22H,1H3,(H2,27,28,29,30,32)/t22-/m0/s1. The van der Waals surface area contributed by atoms with Crippen LogP contribution in [-0.2, 0) is 0 Å². The fourth-order valence-corrected chi connectivity index (χ4v) is 3.98. The Morgan fingerprint density at radius 3 is 2.59 bits per heavy atom. The van der Waals surface area contributed by atoms with Crippen LogP contribution in [0.15, 0.2) is 84.9 Å². The third-order valence-electron chi connectivity index (χ3n) is 5.28. The third kappa shape index (κ3) is 3.88. The van der Waals surface area contributed by atoms with Crippen LogP contribution in [0.2, 0.25) is 5.02 Å². The lowest BCUT2D eigenvalue weighted by atomic mass is 10.0. The van der Waals surface area contributed by atoms with Crippen LogP contribution < -0.4 is 10.6 Å². The van der Waals surface area contributed by atoms with Crippen LogP contribution >= 0.6 is 11.6 Å². The average molecular weight is 442 g/mol. The van der Waals surface area contributed by atoms with E-state index in [4.69, 9.17) is 11.6 Å². The Labute approximate surface area is 190 Å². The SMILES string of the molecule is Cc1cccc(C(=O)Nc2nc3n(n2)[C@H](c2ccccc2Cl)C=C(c2ccccc2)N3)c1. The lowest BCUT2D eigenvalue weighted by Crippen LogP contribution is -2.20. The first-order valence-electron chi connectivity index (χ1n) is 10.2. The van der Waals surface area contributed by atoms with Crippen LogP contribution in [0.4, 0.5) is 11.9 Å². The second-order valence-corrected chi connectivity index (χ2v) is 7.97. The molecule has 2 heterocycles. The van der Waals surface area contributed by atoms with Crippen molar-refractivity contribution < 1.29 is 4.79 Å². The van der Waals surface area contributed by atoms with Crippen LogP contribution in [0, 0.1) is 6.92 Å². The molecule has 0 unspecified atom stereocenters. The Morgan fingerprint density at radius 2 is 1.81 bits per heavy atom. The van der Waals surface area contributed by atoms with Gasteiger partial charge in [-0.15, -0.1) is 5.10 Å². The number of aromatic nitrogens is 3. The van der Waals surface area contributed by atoms with Crippen molar-refractivity contribution in [3.05, 3.63) is 112 Å². The predicted octanol–water partition coefficient (Wildman–Crippen LogP) is 5.55. The topological polar surface area (TPSA) is 71.8 Å². The molecule has 4 aromatic rings. The molecule has 6 nitrogen and oxygen atoms in total. The van der Waals surface area contributed by atoms with Gasteiger partial charge in [0.2, 0.25) is 5.95 Å². The fourth-order valence-electron chi connectivity index (χ4n) is 3.73. The van der Waals surface area contributed by atoms with Crippen LogP contribution in [0.1, 0.15) is 33.1 Å². The Bertz CT molecular complexity index is 1330. The molecule has 5 rings (SSSR count). The van der Waals surface area contributed by atoms with E-state index >= 15 is 0 Å². The van der Waals surface area contributed by atoms with E-state index in [1.165, 1.54) is 0 Å². The van der Waals surface area contributed by atoms with Gasteiger partial charge in [0.1, 0.15) is 6.04 Å². The Morgan fingerprint density at radius 1 is 1.03 bits per heavy atom. The van der Waals surface area contributed by atoms with Gasteiger partial charge in [-0.2, -0.15) is 4.98 Å². The molecule has 2 N–H and O–H groups in total. The summed E-state index contributed by atoms with van der Waals surface area (Å²) in [4.78, 5) is 17.3. The highest BCUT2D eigenvalue weighted by molar-refractivity contribution is 6.31. The van der Waals surface area contributed by atoms with Gasteiger partial charge in [0, 0.05) is 16.3 Å². The van der Waals surface area contributed by atoms with E-state index in [1.807, 2.05) is 79.7 Å². The van der Waals surface area contributed by atoms with E-state index < -0.39 is 0 Å². The Kier molecular flexibility index (Phi) is 5.21. The summed E-state index contributed by atoms with van der Waals surface area (Å²) in [5.74, 6) is 0.483. The number of rotatable bonds is 4. The number of carbonyl (C=O) groups is 1. The fraction of sp³-hybridized carbons (Fsp3) is 0.0800. The summed E-state index contributed by atoms with van der Waals surface area (Å²) < 4.78 is 1.74. The molecule has 0 bridgehead atoms. The molecule has 0 radical (unpaired) electrons. The van der Waals surface area contributed by atoms with Gasteiger partial charge in [-0.25, -0.2) is 4.68 Å². The average Bonchev–Trinajstić information content (AvgIpc) is 3.22. The molecule has 0 aliphatic carbocycles. The number of nitrogens with one attached hydrogen (secondary N) is 2. The highest BCUT2D eigenvalue weighted by Gasteiger charge is 2.27. The second-order valence-electron chi connectivity index (χ2n) is 7.56. The molecule has 1 aliphatic rings. The number of amides is 1. The maximum atomic E-state index is 12.7. The van der Waals surface area contributed by atoms with Gasteiger partial charge in [-0.05, 0) is 42.3 Å². The molecule has 1 amide bonds. The van der Waals surface area contributed by atoms with Crippen molar-refractivity contribution in [1.82, 2.24) is 14.8 Å². The van der Waals surface area contributed by atoms with E-state index in [0.717, 1.165) is 22.4 Å². The van der Waals surface area contributed by atoms with E-state index in [-0.39, 0.29) is 17.9 Å². The summed E-state index contributed by atoms with van der Waals surface area (Å²) in [7, 11) is 0. The number of anilines is 2. The van der Waals surface area contributed by atoms with Crippen LogP contribution in [-0.4, -0.2) is 20.7 Å². The lowest BCUT2D eigenvalue weighted by molar-refractivity contribution is 0.102. The molecule has 0 saturated heterocycles. The highest BCUT2D eigenvalue weighted by atomic mass is 35.5. The van der Waals surface area contributed by atoms with E-state index in [9.17, 15) is 4.79 Å². The maximum Gasteiger partial charge on any atom is 0.258 e. The second kappa shape index (κ2) is 8.32. The summed E-state index contributed by atoms with van der Waals surface area (Å²) in [6, 6.07) is 24.7. The molecule has 0 saturated carbocycles. The molecule has 0 spiro atoms. The molecule has 7 heteroatoms. The van der Waals surface area contributed by atoms with Crippen LogP contribution in [0.3, 0.4) is 0 Å². The highest BCUT2D eigenvalue weighted by Crippen LogP contribution is 2.35. The van der Waals surface area contributed by atoms with Crippen molar-refractivity contribution in [1.29, 1.82) is 0 Å². The monoisotopic (exact) mass is 441 g/mol. The van der Waals surface area contributed by atoms with Crippen LogP contribution in [0.5, 0.6) is 0 Å². The van der Waals surface area contributed by atoms with Crippen molar-refractivity contribution in [2.75, 3.05) is 10.6 Å². The van der Waals surface area contributed by atoms with Crippen molar-refractivity contribution in [3.8, 4) is 0 Å². The minimum atomic E-state index is -0.285. The van der Waals surface area contributed by atoms with E-state index in [2.05, 4.69) is 26.8 Å².